The molecule has 1 aliphatic rings. The number of hydrogen-bond donors (Lipinski definition) is 1. The lowest BCUT2D eigenvalue weighted by molar-refractivity contribution is -0.117. The fourth-order valence-corrected chi connectivity index (χ4v) is 3.67. The van der Waals surface area contributed by atoms with E-state index in [-0.39, 0.29) is 23.6 Å². The molecule has 8 heteroatoms. The molecule has 134 valence electrons. The minimum absolute atomic E-state index is 0.00748. The van der Waals surface area contributed by atoms with E-state index >= 15 is 0 Å². The van der Waals surface area contributed by atoms with Crippen LogP contribution in [-0.4, -0.2) is 20.9 Å². The summed E-state index contributed by atoms with van der Waals surface area (Å²) in [5.41, 5.74) is 0.512. The number of anilines is 1. The third kappa shape index (κ3) is 3.48. The summed E-state index contributed by atoms with van der Waals surface area (Å²) in [6.07, 6.45) is 0. The topological polar surface area (TPSA) is 75.7 Å². The van der Waals surface area contributed by atoms with Gasteiger partial charge in [-0.2, -0.15) is 8.42 Å². The average molecular weight is 374 g/mol. The van der Waals surface area contributed by atoms with Crippen LogP contribution in [-0.2, 0) is 21.6 Å². The lowest BCUT2D eigenvalue weighted by Crippen LogP contribution is -2.30. The minimum Gasteiger partial charge on any atom is -0.487 e. The molecule has 0 spiro atoms. The van der Waals surface area contributed by atoms with Crippen molar-refractivity contribution in [1.29, 1.82) is 0 Å². The van der Waals surface area contributed by atoms with Crippen LogP contribution in [0.4, 0.5) is 10.1 Å². The number of ether oxygens (including phenoxy) is 1. The number of nitrogens with one attached hydrogen (secondary N) is 1. The summed E-state index contributed by atoms with van der Waals surface area (Å²) in [6, 6.07) is 12.0. The molecule has 6 nitrogen and oxygen atoms in total. The summed E-state index contributed by atoms with van der Waals surface area (Å²) in [6.45, 7) is 1.13. The second kappa shape index (κ2) is 7.06. The van der Waals surface area contributed by atoms with Crippen molar-refractivity contribution in [2.75, 3.05) is 10.8 Å². The third-order valence-corrected chi connectivity index (χ3v) is 5.02. The van der Waals surface area contributed by atoms with E-state index in [0.29, 0.717) is 4.31 Å². The molecule has 0 aliphatic carbocycles. The van der Waals surface area contributed by atoms with Gasteiger partial charge in [0.25, 0.3) is 5.91 Å². The van der Waals surface area contributed by atoms with Gasteiger partial charge >= 0.3 is 10.2 Å². The van der Waals surface area contributed by atoms with Crippen LogP contribution in [0.5, 0.6) is 5.75 Å². The van der Waals surface area contributed by atoms with E-state index in [1.54, 1.807) is 0 Å². The Labute approximate surface area is 150 Å². The van der Waals surface area contributed by atoms with Gasteiger partial charge in [0.05, 0.1) is 5.56 Å². The highest BCUT2D eigenvalue weighted by molar-refractivity contribution is 7.92. The molecule has 1 amide bonds. The summed E-state index contributed by atoms with van der Waals surface area (Å²) < 4.78 is 47.4. The molecule has 0 saturated carbocycles. The van der Waals surface area contributed by atoms with Gasteiger partial charge < -0.3 is 4.74 Å². The van der Waals surface area contributed by atoms with Gasteiger partial charge in [-0.3, -0.25) is 4.79 Å². The average Bonchev–Trinajstić information content (AvgIpc) is 2.88. The molecule has 0 atom stereocenters. The molecule has 1 N–H and O–H groups in total. The molecule has 1 heterocycles. The molecule has 3 rings (SSSR count). The molecule has 0 bridgehead atoms. The van der Waals surface area contributed by atoms with Crippen molar-refractivity contribution in [3.8, 4) is 17.6 Å². The Hall–Kier alpha value is -3.05. The molecule has 1 saturated heterocycles. The van der Waals surface area contributed by atoms with Crippen LogP contribution < -0.4 is 13.8 Å². The van der Waals surface area contributed by atoms with Gasteiger partial charge in [0, 0.05) is 0 Å². The molecule has 1 aliphatic heterocycles. The van der Waals surface area contributed by atoms with Gasteiger partial charge in [-0.1, -0.05) is 36.3 Å². The second-order valence-corrected chi connectivity index (χ2v) is 7.06. The second-order valence-electron chi connectivity index (χ2n) is 5.46. The number of carbonyl (C=O) groups excluding carboxylic acids is 1. The zero-order valence-electron chi connectivity index (χ0n) is 13.8. The molecule has 2 aromatic rings. The fraction of sp³-hybridized carbons (Fsp3) is 0.167. The van der Waals surface area contributed by atoms with Crippen LogP contribution in [0, 0.1) is 17.7 Å². The first kappa shape index (κ1) is 17.8. The SMILES string of the molecule is CC#Cc1ccc(OCc2ccccc2)c(N2CC(=O)NS2(=O)=O)c1F. The number of halogens is 1. The number of carbonyl (C=O) groups is 1. The maximum Gasteiger partial charge on any atom is 0.326 e. The van der Waals surface area contributed by atoms with E-state index in [9.17, 15) is 17.6 Å². The highest BCUT2D eigenvalue weighted by atomic mass is 32.2. The monoisotopic (exact) mass is 374 g/mol. The van der Waals surface area contributed by atoms with E-state index in [0.717, 1.165) is 5.56 Å². The first-order chi connectivity index (χ1) is 12.4. The largest absolute Gasteiger partial charge is 0.487 e. The predicted octanol–water partition coefficient (Wildman–Crippen LogP) is 1.96. The number of benzene rings is 2. The molecule has 0 radical (unpaired) electrons. The van der Waals surface area contributed by atoms with Gasteiger partial charge in [0.15, 0.2) is 5.82 Å². The highest BCUT2D eigenvalue weighted by Crippen LogP contribution is 2.36. The maximum absolute atomic E-state index is 14.9. The summed E-state index contributed by atoms with van der Waals surface area (Å²) >= 11 is 0. The van der Waals surface area contributed by atoms with Crippen LogP contribution in [0.15, 0.2) is 42.5 Å². The van der Waals surface area contributed by atoms with E-state index in [2.05, 4.69) is 11.8 Å². The van der Waals surface area contributed by atoms with Crippen LogP contribution >= 0.6 is 0 Å². The summed E-state index contributed by atoms with van der Waals surface area (Å²) in [5, 5.41) is 0. The Morgan fingerprint density at radius 3 is 2.58 bits per heavy atom. The third-order valence-electron chi connectivity index (χ3n) is 3.65. The van der Waals surface area contributed by atoms with Gasteiger partial charge in [0.1, 0.15) is 24.6 Å². The zero-order chi connectivity index (χ0) is 18.7. The zero-order valence-corrected chi connectivity index (χ0v) is 14.6. The Bertz CT molecular complexity index is 1010. The first-order valence-electron chi connectivity index (χ1n) is 7.67. The van der Waals surface area contributed by atoms with Crippen molar-refractivity contribution in [2.24, 2.45) is 0 Å². The van der Waals surface area contributed by atoms with Crippen LogP contribution in [0.25, 0.3) is 0 Å². The Balaban J connectivity index is 2.05. The van der Waals surface area contributed by atoms with Crippen molar-refractivity contribution in [1.82, 2.24) is 4.72 Å². The van der Waals surface area contributed by atoms with Gasteiger partial charge in [-0.05, 0) is 24.6 Å². The molecule has 0 unspecified atom stereocenters. The summed E-state index contributed by atoms with van der Waals surface area (Å²) in [4.78, 5) is 11.5. The molecule has 2 aromatic carbocycles. The highest BCUT2D eigenvalue weighted by Gasteiger charge is 2.38. The standard InChI is InChI=1S/C18H15FN2O4S/c1-2-6-14-9-10-15(25-12-13-7-4-3-5-8-13)18(17(14)19)21-11-16(22)20-26(21,23)24/h3-5,7-10H,11-12H2,1H3,(H,20,22). The molecular formula is C18H15FN2O4S. The number of amides is 1. The van der Waals surface area contributed by atoms with Crippen LogP contribution in [0.3, 0.4) is 0 Å². The molecule has 26 heavy (non-hydrogen) atoms. The van der Waals surface area contributed by atoms with Crippen molar-refractivity contribution in [3.05, 3.63) is 59.4 Å². The quantitative estimate of drug-likeness (QED) is 0.830. The van der Waals surface area contributed by atoms with E-state index in [1.807, 2.05) is 35.1 Å². The van der Waals surface area contributed by atoms with Gasteiger partial charge in [-0.15, -0.1) is 5.92 Å². The predicted molar refractivity (Wildman–Crippen MR) is 94.1 cm³/mol. The van der Waals surface area contributed by atoms with Gasteiger partial charge in [-0.25, -0.2) is 13.4 Å². The Morgan fingerprint density at radius 1 is 1.23 bits per heavy atom. The lowest BCUT2D eigenvalue weighted by atomic mass is 10.1. The van der Waals surface area contributed by atoms with E-state index in [1.165, 1.54) is 19.1 Å². The van der Waals surface area contributed by atoms with Crippen molar-refractivity contribution < 1.29 is 22.3 Å². The van der Waals surface area contributed by atoms with Crippen molar-refractivity contribution in [3.63, 3.8) is 0 Å². The van der Waals surface area contributed by atoms with E-state index in [4.69, 9.17) is 4.74 Å². The Morgan fingerprint density at radius 2 is 1.96 bits per heavy atom. The van der Waals surface area contributed by atoms with E-state index < -0.39 is 28.5 Å². The van der Waals surface area contributed by atoms with Crippen LogP contribution in [0.1, 0.15) is 18.1 Å². The molecule has 1 fully saturated rings. The van der Waals surface area contributed by atoms with Crippen molar-refractivity contribution in [2.45, 2.75) is 13.5 Å². The first-order valence-corrected chi connectivity index (χ1v) is 9.11. The fourth-order valence-electron chi connectivity index (χ4n) is 2.51. The smallest absolute Gasteiger partial charge is 0.326 e. The molecule has 0 aromatic heterocycles. The van der Waals surface area contributed by atoms with Crippen LogP contribution in [0.2, 0.25) is 0 Å². The normalized spacial score (nSPS) is 15.2. The minimum atomic E-state index is -4.18. The number of hydrogen-bond acceptors (Lipinski definition) is 4. The summed E-state index contributed by atoms with van der Waals surface area (Å²) in [7, 11) is -4.18. The molecular weight excluding hydrogens is 359 g/mol. The van der Waals surface area contributed by atoms with Crippen molar-refractivity contribution >= 4 is 21.8 Å². The maximum atomic E-state index is 14.9. The van der Waals surface area contributed by atoms with Gasteiger partial charge in [0.2, 0.25) is 0 Å². The number of nitrogens with zero attached hydrogens (tertiary/aromatic N) is 1. The summed E-state index contributed by atoms with van der Waals surface area (Å²) in [5.74, 6) is 3.55. The Kier molecular flexibility index (Phi) is 4.82. The number of rotatable bonds is 4. The lowest BCUT2D eigenvalue weighted by Gasteiger charge is -2.20.